The number of anilines is 1. The summed E-state index contributed by atoms with van der Waals surface area (Å²) < 4.78 is 10.6. The molecule has 2 amide bonds. The second-order valence-corrected chi connectivity index (χ2v) is 6.13. The molecule has 1 aliphatic carbocycles. The first-order chi connectivity index (χ1) is 10.8. The van der Waals surface area contributed by atoms with E-state index in [1.54, 1.807) is 7.11 Å². The Morgan fingerprint density at radius 3 is 2.86 bits per heavy atom. The molecule has 22 heavy (non-hydrogen) atoms. The van der Waals surface area contributed by atoms with Crippen molar-refractivity contribution in [2.24, 2.45) is 5.92 Å². The van der Waals surface area contributed by atoms with Gasteiger partial charge in [-0.15, -0.1) is 0 Å². The summed E-state index contributed by atoms with van der Waals surface area (Å²) in [5.74, 6) is 0.473. The van der Waals surface area contributed by atoms with E-state index in [9.17, 15) is 4.79 Å². The van der Waals surface area contributed by atoms with Gasteiger partial charge in [-0.25, -0.2) is 4.79 Å². The van der Waals surface area contributed by atoms with Crippen LogP contribution in [0.4, 0.5) is 10.5 Å². The van der Waals surface area contributed by atoms with Gasteiger partial charge in [0.1, 0.15) is 0 Å². The molecule has 0 spiro atoms. The Labute approximate surface area is 131 Å². The molecule has 0 bridgehead atoms. The molecule has 1 saturated heterocycles. The van der Waals surface area contributed by atoms with Gasteiger partial charge < -0.3 is 19.7 Å². The standard InChI is InChI=1S/C17H24N2O3/c1-21-12-14-4-2-3-5-16(14)18-17(20)19(15-6-7-15)10-13-8-9-22-11-13/h2-5,13,15H,6-12H2,1H3,(H,18,20)/t13-/m0/s1. The van der Waals surface area contributed by atoms with Crippen LogP contribution in [0.2, 0.25) is 0 Å². The lowest BCUT2D eigenvalue weighted by atomic mass is 10.1. The second-order valence-electron chi connectivity index (χ2n) is 6.13. The number of methoxy groups -OCH3 is 1. The molecule has 1 saturated carbocycles. The Hall–Kier alpha value is -1.59. The van der Waals surface area contributed by atoms with Crippen LogP contribution in [0.3, 0.4) is 0 Å². The first-order valence-electron chi connectivity index (χ1n) is 8.00. The minimum atomic E-state index is -0.00190. The Kier molecular flexibility index (Phi) is 4.95. The van der Waals surface area contributed by atoms with Crippen LogP contribution in [0.25, 0.3) is 0 Å². The van der Waals surface area contributed by atoms with Crippen molar-refractivity contribution in [1.29, 1.82) is 0 Å². The molecule has 3 rings (SSSR count). The normalized spacial score (nSPS) is 20.9. The summed E-state index contributed by atoms with van der Waals surface area (Å²) in [7, 11) is 1.66. The molecule has 1 heterocycles. The number of amides is 2. The highest BCUT2D eigenvalue weighted by atomic mass is 16.5. The summed E-state index contributed by atoms with van der Waals surface area (Å²) in [5, 5.41) is 3.06. The summed E-state index contributed by atoms with van der Waals surface area (Å²) in [6, 6.07) is 8.19. The highest BCUT2D eigenvalue weighted by molar-refractivity contribution is 5.90. The highest BCUT2D eigenvalue weighted by Gasteiger charge is 2.35. The van der Waals surface area contributed by atoms with Crippen LogP contribution in [0, 0.1) is 5.92 Å². The van der Waals surface area contributed by atoms with Gasteiger partial charge in [-0.3, -0.25) is 0 Å². The van der Waals surface area contributed by atoms with Gasteiger partial charge in [-0.2, -0.15) is 0 Å². The number of benzene rings is 1. The van der Waals surface area contributed by atoms with Crippen molar-refractivity contribution in [3.63, 3.8) is 0 Å². The smallest absolute Gasteiger partial charge is 0.322 e. The maximum absolute atomic E-state index is 12.7. The van der Waals surface area contributed by atoms with E-state index >= 15 is 0 Å². The fourth-order valence-corrected chi connectivity index (χ4v) is 2.90. The number of nitrogens with zero attached hydrogens (tertiary/aromatic N) is 1. The molecule has 5 heteroatoms. The van der Waals surface area contributed by atoms with Crippen LogP contribution in [0.15, 0.2) is 24.3 Å². The molecule has 0 aromatic heterocycles. The molecular weight excluding hydrogens is 280 g/mol. The largest absolute Gasteiger partial charge is 0.381 e. The minimum Gasteiger partial charge on any atom is -0.381 e. The van der Waals surface area contributed by atoms with Crippen LogP contribution in [0.1, 0.15) is 24.8 Å². The first-order valence-corrected chi connectivity index (χ1v) is 8.00. The number of hydrogen-bond acceptors (Lipinski definition) is 3. The Morgan fingerprint density at radius 1 is 1.36 bits per heavy atom. The third-order valence-electron chi connectivity index (χ3n) is 4.29. The van der Waals surface area contributed by atoms with Gasteiger partial charge in [0.2, 0.25) is 0 Å². The molecule has 1 atom stereocenters. The number of ether oxygens (including phenoxy) is 2. The molecule has 1 aromatic rings. The molecule has 1 aliphatic heterocycles. The summed E-state index contributed by atoms with van der Waals surface area (Å²) in [4.78, 5) is 14.7. The van der Waals surface area contributed by atoms with Crippen LogP contribution < -0.4 is 5.32 Å². The fraction of sp³-hybridized carbons (Fsp3) is 0.588. The van der Waals surface area contributed by atoms with Crippen molar-refractivity contribution in [3.8, 4) is 0 Å². The van der Waals surface area contributed by atoms with Crippen LogP contribution >= 0.6 is 0 Å². The minimum absolute atomic E-state index is 0.00190. The lowest BCUT2D eigenvalue weighted by molar-refractivity contribution is 0.167. The van der Waals surface area contributed by atoms with Crippen molar-refractivity contribution in [3.05, 3.63) is 29.8 Å². The summed E-state index contributed by atoms with van der Waals surface area (Å²) in [6.07, 6.45) is 3.28. The first kappa shape index (κ1) is 15.3. The van der Waals surface area contributed by atoms with E-state index in [4.69, 9.17) is 9.47 Å². The third-order valence-corrected chi connectivity index (χ3v) is 4.29. The average molecular weight is 304 g/mol. The van der Waals surface area contributed by atoms with E-state index in [0.717, 1.165) is 50.3 Å². The Bertz CT molecular complexity index is 510. The zero-order valence-electron chi connectivity index (χ0n) is 13.1. The van der Waals surface area contributed by atoms with Crippen molar-refractivity contribution in [2.75, 3.05) is 32.2 Å². The van der Waals surface area contributed by atoms with Crippen molar-refractivity contribution < 1.29 is 14.3 Å². The predicted molar refractivity (Wildman–Crippen MR) is 84.8 cm³/mol. The Morgan fingerprint density at radius 2 is 2.18 bits per heavy atom. The lowest BCUT2D eigenvalue weighted by Gasteiger charge is -2.26. The molecule has 1 aromatic carbocycles. The van der Waals surface area contributed by atoms with E-state index < -0.39 is 0 Å². The van der Waals surface area contributed by atoms with Gasteiger partial charge in [0.05, 0.1) is 13.2 Å². The van der Waals surface area contributed by atoms with E-state index in [2.05, 4.69) is 5.32 Å². The van der Waals surface area contributed by atoms with Gasteiger partial charge in [0.15, 0.2) is 0 Å². The van der Waals surface area contributed by atoms with Crippen LogP contribution in [-0.2, 0) is 16.1 Å². The van der Waals surface area contributed by atoms with E-state index in [-0.39, 0.29) is 6.03 Å². The SMILES string of the molecule is COCc1ccccc1NC(=O)N(C[C@@H]1CCOC1)C1CC1. The third kappa shape index (κ3) is 3.78. The number of nitrogens with one attached hydrogen (secondary N) is 1. The van der Waals surface area contributed by atoms with Gasteiger partial charge in [0, 0.05) is 43.5 Å². The van der Waals surface area contributed by atoms with Gasteiger partial charge in [-0.1, -0.05) is 18.2 Å². The van der Waals surface area contributed by atoms with Crippen molar-refractivity contribution in [1.82, 2.24) is 4.90 Å². The van der Waals surface area contributed by atoms with Crippen molar-refractivity contribution >= 4 is 11.7 Å². The maximum Gasteiger partial charge on any atom is 0.322 e. The fourth-order valence-electron chi connectivity index (χ4n) is 2.90. The highest BCUT2D eigenvalue weighted by Crippen LogP contribution is 2.30. The second kappa shape index (κ2) is 7.11. The Balaban J connectivity index is 1.65. The number of rotatable bonds is 6. The van der Waals surface area contributed by atoms with Gasteiger partial charge in [0.25, 0.3) is 0 Å². The molecule has 120 valence electrons. The summed E-state index contributed by atoms with van der Waals surface area (Å²) >= 11 is 0. The number of hydrogen-bond donors (Lipinski definition) is 1. The number of urea groups is 1. The van der Waals surface area contributed by atoms with Crippen LogP contribution in [0.5, 0.6) is 0 Å². The molecular formula is C17H24N2O3. The monoisotopic (exact) mass is 304 g/mol. The zero-order valence-corrected chi connectivity index (χ0v) is 13.1. The van der Waals surface area contributed by atoms with Gasteiger partial charge in [-0.05, 0) is 25.3 Å². The molecule has 1 N–H and O–H groups in total. The quantitative estimate of drug-likeness (QED) is 0.879. The average Bonchev–Trinajstić information content (AvgIpc) is 3.23. The number of carbonyl (C=O) groups is 1. The number of para-hydroxylation sites is 1. The molecule has 0 radical (unpaired) electrons. The molecule has 2 fully saturated rings. The zero-order chi connectivity index (χ0) is 15.4. The topological polar surface area (TPSA) is 50.8 Å². The lowest BCUT2D eigenvalue weighted by Crippen LogP contribution is -2.40. The summed E-state index contributed by atoms with van der Waals surface area (Å²) in [6.45, 7) is 2.89. The summed E-state index contributed by atoms with van der Waals surface area (Å²) in [5.41, 5.74) is 1.83. The molecule has 5 nitrogen and oxygen atoms in total. The molecule has 2 aliphatic rings. The molecule has 0 unspecified atom stereocenters. The van der Waals surface area contributed by atoms with E-state index in [1.807, 2.05) is 29.2 Å². The van der Waals surface area contributed by atoms with Crippen LogP contribution in [-0.4, -0.2) is 43.8 Å². The van der Waals surface area contributed by atoms with Gasteiger partial charge >= 0.3 is 6.03 Å². The predicted octanol–water partition coefficient (Wildman–Crippen LogP) is 2.87. The van der Waals surface area contributed by atoms with Crippen molar-refractivity contribution in [2.45, 2.75) is 31.9 Å². The maximum atomic E-state index is 12.7. The van der Waals surface area contributed by atoms with E-state index in [1.165, 1.54) is 0 Å². The van der Waals surface area contributed by atoms with E-state index in [0.29, 0.717) is 18.6 Å². The number of carbonyl (C=O) groups excluding carboxylic acids is 1.